The van der Waals surface area contributed by atoms with Crippen LogP contribution in [0, 0.1) is 0 Å². The molecule has 0 fully saturated rings. The Balaban J connectivity index is 3.48. The van der Waals surface area contributed by atoms with Crippen molar-refractivity contribution in [2.24, 2.45) is 0 Å². The van der Waals surface area contributed by atoms with Gasteiger partial charge in [0.25, 0.3) is 0 Å². The van der Waals surface area contributed by atoms with Gasteiger partial charge in [0.15, 0.2) is 0 Å². The average molecular weight is 1120 g/mol. The monoisotopic (exact) mass is 1120 g/mol. The van der Waals surface area contributed by atoms with E-state index in [2.05, 4.69) is 181 Å². The molecule has 0 aromatic heterocycles. The van der Waals surface area contributed by atoms with E-state index in [1.165, 1.54) is 8.48 Å². The molecular weight excluding hydrogens is 1120 g/mol. The molecule has 0 aliphatic heterocycles. The standard InChI is InChI=1S/C6H2I8S/c7-1-2(15)5(11,12)6(13,14)3(8)4(1,9)10/h3,15H. The number of allylic oxidation sites excluding steroid dienone is 2. The molecule has 0 saturated carbocycles. The first-order valence-corrected chi connectivity index (χ1v) is 12.6. The van der Waals surface area contributed by atoms with Crippen molar-refractivity contribution in [3.8, 4) is 0 Å². The summed E-state index contributed by atoms with van der Waals surface area (Å²) in [5.41, 5.74) is 0. The predicted molar refractivity (Wildman–Crippen MR) is 140 cm³/mol. The third kappa shape index (κ3) is 3.48. The van der Waals surface area contributed by atoms with Gasteiger partial charge in [-0.25, -0.2) is 0 Å². The van der Waals surface area contributed by atoms with Crippen molar-refractivity contribution in [2.45, 2.75) is 8.21 Å². The molecule has 0 aromatic carbocycles. The maximum atomic E-state index is 4.74. The van der Waals surface area contributed by atoms with E-state index in [4.69, 9.17) is 12.6 Å². The molecule has 0 spiro atoms. The molecule has 88 valence electrons. The SMILES string of the molecule is SC1=C(I)C(I)(I)C(I)C(I)(I)C1(I)I. The zero-order chi connectivity index (χ0) is 12.2. The zero-order valence-electron chi connectivity index (χ0n) is 6.55. The van der Waals surface area contributed by atoms with Gasteiger partial charge < -0.3 is 0 Å². The summed E-state index contributed by atoms with van der Waals surface area (Å²) >= 11 is 25.1. The summed E-state index contributed by atoms with van der Waals surface area (Å²) in [6.45, 7) is 0. The lowest BCUT2D eigenvalue weighted by molar-refractivity contribution is 0.811. The fraction of sp³-hybridized carbons (Fsp3) is 0.667. The van der Waals surface area contributed by atoms with Crippen LogP contribution in [0.25, 0.3) is 0 Å². The molecule has 0 amide bonds. The van der Waals surface area contributed by atoms with E-state index in [0.29, 0.717) is 3.92 Å². The second-order valence-corrected chi connectivity index (χ2v) is 21.9. The third-order valence-corrected chi connectivity index (χ3v) is 25.9. The fourth-order valence-corrected chi connectivity index (χ4v) is 13.0. The highest BCUT2D eigenvalue weighted by Gasteiger charge is 2.62. The summed E-state index contributed by atoms with van der Waals surface area (Å²) in [5, 5.41) is 0. The van der Waals surface area contributed by atoms with Crippen LogP contribution in [0.5, 0.6) is 0 Å². The van der Waals surface area contributed by atoms with Crippen LogP contribution in [0.3, 0.4) is 0 Å². The van der Waals surface area contributed by atoms with Crippen LogP contribution < -0.4 is 0 Å². The Bertz CT molecular complexity index is 319. The lowest BCUT2D eigenvalue weighted by Crippen LogP contribution is -2.53. The zero-order valence-corrected chi connectivity index (χ0v) is 24.7. The van der Waals surface area contributed by atoms with Crippen LogP contribution in [-0.4, -0.2) is 8.21 Å². The summed E-state index contributed by atoms with van der Waals surface area (Å²) in [7, 11) is 0. The van der Waals surface area contributed by atoms with Crippen LogP contribution in [-0.2, 0) is 0 Å². The number of hydrogen-bond donors (Lipinski definition) is 1. The first kappa shape index (κ1) is 19.0. The van der Waals surface area contributed by atoms with Gasteiger partial charge in [-0.15, -0.1) is 12.6 Å². The number of thiol groups is 1. The van der Waals surface area contributed by atoms with Gasteiger partial charge in [-0.2, -0.15) is 0 Å². The van der Waals surface area contributed by atoms with Gasteiger partial charge in [0.1, 0.15) is 4.29 Å². The van der Waals surface area contributed by atoms with Gasteiger partial charge in [-0.3, -0.25) is 0 Å². The van der Waals surface area contributed by atoms with Crippen LogP contribution in [0.2, 0.25) is 0 Å². The minimum atomic E-state index is 0.0645. The highest BCUT2D eigenvalue weighted by molar-refractivity contribution is 14.2. The van der Waals surface area contributed by atoms with Crippen molar-refractivity contribution in [3.05, 3.63) is 8.48 Å². The van der Waals surface area contributed by atoms with Gasteiger partial charge in [-0.1, -0.05) is 158 Å². The van der Waals surface area contributed by atoms with E-state index in [1.807, 2.05) is 0 Å². The molecule has 0 aromatic rings. The molecule has 1 aliphatic carbocycles. The topological polar surface area (TPSA) is 0 Å². The average Bonchev–Trinajstić information content (AvgIpc) is 2.12. The molecular formula is C6H2I8S. The molecule has 0 saturated heterocycles. The molecule has 1 atom stereocenters. The molecule has 0 N–H and O–H groups in total. The Morgan fingerprint density at radius 2 is 1.40 bits per heavy atom. The van der Waals surface area contributed by atoms with Gasteiger partial charge in [-0.05, 0) is 22.6 Å². The molecule has 15 heavy (non-hydrogen) atoms. The van der Waals surface area contributed by atoms with E-state index in [9.17, 15) is 0 Å². The summed E-state index contributed by atoms with van der Waals surface area (Å²) in [4.78, 5) is 1.21. The summed E-state index contributed by atoms with van der Waals surface area (Å²) in [5.74, 6) is 0. The minimum absolute atomic E-state index is 0.0645. The Morgan fingerprint density at radius 1 is 1.00 bits per heavy atom. The van der Waals surface area contributed by atoms with Gasteiger partial charge in [0.05, 0.1) is 3.92 Å². The third-order valence-electron chi connectivity index (χ3n) is 1.85. The van der Waals surface area contributed by atoms with E-state index >= 15 is 0 Å². The van der Waals surface area contributed by atoms with Crippen molar-refractivity contribution >= 4 is 193 Å². The van der Waals surface area contributed by atoms with E-state index in [0.717, 1.165) is 0 Å². The Morgan fingerprint density at radius 3 is 1.80 bits per heavy atom. The number of halogens is 8. The molecule has 1 rings (SSSR count). The molecule has 1 unspecified atom stereocenters. The second kappa shape index (κ2) is 6.59. The first-order chi connectivity index (χ1) is 6.47. The molecule has 0 nitrogen and oxygen atoms in total. The van der Waals surface area contributed by atoms with Crippen LogP contribution in [0.4, 0.5) is 0 Å². The summed E-state index contributed by atoms with van der Waals surface area (Å²) < 4.78 is 2.31. The highest BCUT2D eigenvalue weighted by Crippen LogP contribution is 2.69. The highest BCUT2D eigenvalue weighted by atomic mass is 127. The Kier molecular flexibility index (Phi) is 8.33. The summed E-state index contributed by atoms with van der Waals surface area (Å²) in [6, 6.07) is 0. The Hall–Kier alpha value is 5.93. The van der Waals surface area contributed by atoms with Crippen LogP contribution in [0.1, 0.15) is 0 Å². The Labute approximate surface area is 204 Å². The fourth-order valence-electron chi connectivity index (χ4n) is 0.952. The molecule has 0 bridgehead atoms. The van der Waals surface area contributed by atoms with Crippen molar-refractivity contribution in [1.82, 2.24) is 0 Å². The first-order valence-electron chi connectivity index (χ1n) is 3.34. The molecule has 0 heterocycles. The molecule has 0 radical (unpaired) electrons. The van der Waals surface area contributed by atoms with E-state index in [-0.39, 0.29) is 4.29 Å². The van der Waals surface area contributed by atoms with Crippen LogP contribution in [0.15, 0.2) is 8.48 Å². The smallest absolute Gasteiger partial charge is 0.129 e. The number of hydrogen-bond acceptors (Lipinski definition) is 1. The lowest BCUT2D eigenvalue weighted by Gasteiger charge is -2.48. The summed E-state index contributed by atoms with van der Waals surface area (Å²) in [6.07, 6.45) is 0. The van der Waals surface area contributed by atoms with Crippen molar-refractivity contribution in [2.75, 3.05) is 0 Å². The largest absolute Gasteiger partial charge is 0.145 e. The van der Waals surface area contributed by atoms with E-state index < -0.39 is 0 Å². The lowest BCUT2D eigenvalue weighted by atomic mass is 10.1. The molecule has 1 aliphatic rings. The second-order valence-electron chi connectivity index (χ2n) is 2.85. The minimum Gasteiger partial charge on any atom is -0.145 e. The van der Waals surface area contributed by atoms with Crippen molar-refractivity contribution < 1.29 is 0 Å². The van der Waals surface area contributed by atoms with Gasteiger partial charge >= 0.3 is 0 Å². The van der Waals surface area contributed by atoms with Crippen molar-refractivity contribution in [1.29, 1.82) is 0 Å². The predicted octanol–water partition coefficient (Wildman–Crippen LogP) is 7.08. The quantitative estimate of drug-likeness (QED) is 0.150. The van der Waals surface area contributed by atoms with Crippen molar-refractivity contribution in [3.63, 3.8) is 0 Å². The maximum absolute atomic E-state index is 4.74. The van der Waals surface area contributed by atoms with Gasteiger partial charge in [0, 0.05) is 8.48 Å². The molecule has 9 heteroatoms. The number of rotatable bonds is 0. The van der Waals surface area contributed by atoms with Gasteiger partial charge in [0.2, 0.25) is 0 Å². The number of alkyl halides is 7. The normalized spacial score (nSPS) is 33.0. The van der Waals surface area contributed by atoms with Crippen LogP contribution >= 0.6 is 193 Å². The van der Waals surface area contributed by atoms with E-state index in [1.54, 1.807) is 0 Å². The maximum Gasteiger partial charge on any atom is 0.129 e.